The number of aromatic hydroxyl groups is 1. The topological polar surface area (TPSA) is 291 Å². The quantitative estimate of drug-likeness (QED) is 0.0744. The number of phenolic OH excluding ortho intramolecular Hbond substituents is 1. The number of Topliss-reactive ketones (excluding diaryl/α,β-unsaturated/α-hetero) is 2. The number of likely N-dealkylation sites (N-methyl/N-ethyl adjacent to an activating group) is 1. The van der Waals surface area contributed by atoms with Crippen LogP contribution in [0.1, 0.15) is 43.1 Å². The van der Waals surface area contributed by atoms with Crippen LogP contribution in [0.5, 0.6) is 5.75 Å². The maximum atomic E-state index is 13.8. The van der Waals surface area contributed by atoms with Gasteiger partial charge in [-0.1, -0.05) is 0 Å². The summed E-state index contributed by atoms with van der Waals surface area (Å²) in [6, 6.07) is 0.0267. The third-order valence-electron chi connectivity index (χ3n) is 7.41. The number of phenols is 1. The molecule has 1 aromatic carbocycles. The van der Waals surface area contributed by atoms with Gasteiger partial charge in [-0.2, -0.15) is 8.42 Å². The molecule has 17 nitrogen and oxygen atoms in total. The maximum Gasteiger partial charge on any atom is 0.394 e. The van der Waals surface area contributed by atoms with Gasteiger partial charge in [-0.15, -0.1) is 0 Å². The maximum absolute atomic E-state index is 13.8. The molecular weight excluding hydrogens is 596 g/mol. The van der Waals surface area contributed by atoms with Crippen LogP contribution in [0.4, 0.5) is 11.4 Å². The van der Waals surface area contributed by atoms with E-state index in [1.807, 2.05) is 0 Å². The number of aliphatic hydroxyl groups excluding tert-OH is 2. The summed E-state index contributed by atoms with van der Waals surface area (Å²) >= 11 is 0. The van der Waals surface area contributed by atoms with Gasteiger partial charge >= 0.3 is 16.1 Å². The Morgan fingerprint density at radius 3 is 2.16 bits per heavy atom. The first-order valence-electron chi connectivity index (χ1n) is 12.6. The molecule has 0 saturated carbocycles. The number of hydrogen-bond acceptors (Lipinski definition) is 13. The van der Waals surface area contributed by atoms with Gasteiger partial charge in [0.1, 0.15) is 17.1 Å². The summed E-state index contributed by atoms with van der Waals surface area (Å²) in [6.07, 6.45) is -0.0724. The monoisotopic (exact) mass is 628 g/mol. The highest BCUT2D eigenvalue weighted by molar-refractivity contribution is 7.79. The van der Waals surface area contributed by atoms with E-state index in [4.69, 9.17) is 23.3 Å². The lowest BCUT2D eigenvalue weighted by Crippen LogP contribution is -2.63. The molecule has 0 heterocycles. The number of primary amides is 1. The first kappa shape index (κ1) is 33.4. The molecule has 0 saturated heterocycles. The van der Waals surface area contributed by atoms with Crippen molar-refractivity contribution >= 4 is 39.2 Å². The molecule has 0 radical (unpaired) electrons. The number of carbonyl (C=O) groups excluding carboxylic acids is 3. The highest BCUT2D eigenvalue weighted by Crippen LogP contribution is 2.54. The number of nitro benzene ring substituents is 1. The van der Waals surface area contributed by atoms with Gasteiger partial charge in [0.2, 0.25) is 11.5 Å². The Labute approximate surface area is 245 Å². The second-order valence-electron chi connectivity index (χ2n) is 11.7. The van der Waals surface area contributed by atoms with E-state index in [0.717, 1.165) is 6.07 Å². The van der Waals surface area contributed by atoms with Gasteiger partial charge < -0.3 is 31.5 Å². The van der Waals surface area contributed by atoms with Crippen molar-refractivity contribution in [1.82, 2.24) is 4.90 Å². The third-order valence-corrected chi connectivity index (χ3v) is 7.41. The van der Waals surface area contributed by atoms with E-state index in [9.17, 15) is 44.9 Å². The fourth-order valence-electron chi connectivity index (χ4n) is 5.96. The normalized spacial score (nSPS) is 25.4. The van der Waals surface area contributed by atoms with Crippen LogP contribution in [0.25, 0.3) is 0 Å². The molecule has 9 N–H and O–H groups in total. The number of amides is 1. The van der Waals surface area contributed by atoms with Crippen LogP contribution in [-0.4, -0.2) is 96.5 Å². The number of nitrogens with two attached hydrogens (primary N) is 1. The molecule has 2 unspecified atom stereocenters. The minimum atomic E-state index is -4.67. The van der Waals surface area contributed by atoms with E-state index in [-0.39, 0.29) is 24.1 Å². The molecule has 236 valence electrons. The summed E-state index contributed by atoms with van der Waals surface area (Å²) < 4.78 is 31.6. The molecule has 0 aliphatic heterocycles. The lowest BCUT2D eigenvalue weighted by atomic mass is 9.58. The zero-order valence-corrected chi connectivity index (χ0v) is 24.5. The first-order valence-corrected chi connectivity index (χ1v) is 14.0. The molecule has 1 amide bonds. The Balaban J connectivity index is 0.000000934. The number of fused-ring (bicyclic) bond motifs is 3. The summed E-state index contributed by atoms with van der Waals surface area (Å²) in [5.41, 5.74) is 0.0142. The minimum absolute atomic E-state index is 0.0124. The summed E-state index contributed by atoms with van der Waals surface area (Å²) in [4.78, 5) is 51.4. The van der Waals surface area contributed by atoms with Crippen LogP contribution in [0.15, 0.2) is 28.7 Å². The van der Waals surface area contributed by atoms with Crippen LogP contribution < -0.4 is 11.1 Å². The van der Waals surface area contributed by atoms with Crippen LogP contribution in [0.2, 0.25) is 0 Å². The number of nitrogens with zero attached hydrogens (tertiary/aromatic N) is 2. The van der Waals surface area contributed by atoms with Gasteiger partial charge in [0, 0.05) is 28.8 Å². The van der Waals surface area contributed by atoms with Gasteiger partial charge in [0.15, 0.2) is 11.4 Å². The standard InChI is InChI=1S/C25H30N4O9.H2O4S/c1-24(2,3)27-12-8-13(29(37)38)18(30)15-10(12)6-9-7-11-17(28(4)5)20(32)16(23(26)35)22(34)25(11,36)21(33)14(9)19(15)31;1-5(2,3)4/h8-9,11,17,27,30,32-33,36H,6-7H2,1-5H3,(H2,26,35);(H2,1,2,3,4)/t9?,11?,17-,25-;/m0./s1. The van der Waals surface area contributed by atoms with Crippen LogP contribution >= 0.6 is 0 Å². The van der Waals surface area contributed by atoms with E-state index >= 15 is 0 Å². The summed E-state index contributed by atoms with van der Waals surface area (Å²) in [6.45, 7) is 5.42. The Hall–Kier alpha value is -4.10. The average Bonchev–Trinajstić information content (AvgIpc) is 2.80. The summed E-state index contributed by atoms with van der Waals surface area (Å²) in [5, 5.41) is 59.3. The number of nitrogens with one attached hydrogen (secondary N) is 1. The Morgan fingerprint density at radius 1 is 1.19 bits per heavy atom. The van der Waals surface area contributed by atoms with Gasteiger partial charge in [-0.05, 0) is 59.2 Å². The molecule has 3 aliphatic carbocycles. The van der Waals surface area contributed by atoms with Crippen molar-refractivity contribution in [3.05, 3.63) is 50.0 Å². The third kappa shape index (κ3) is 5.91. The Morgan fingerprint density at radius 2 is 1.72 bits per heavy atom. The average molecular weight is 629 g/mol. The molecule has 43 heavy (non-hydrogen) atoms. The number of allylic oxidation sites excluding steroid dienone is 1. The number of benzene rings is 1. The van der Waals surface area contributed by atoms with Gasteiger partial charge in [0.25, 0.3) is 5.91 Å². The van der Waals surface area contributed by atoms with Gasteiger partial charge in [0.05, 0.1) is 16.5 Å². The Bertz CT molecular complexity index is 1600. The molecular formula is C25H32N4O13S. The molecule has 0 bridgehead atoms. The lowest BCUT2D eigenvalue weighted by molar-refractivity contribution is -0.385. The molecule has 4 atom stereocenters. The molecule has 0 fully saturated rings. The van der Waals surface area contributed by atoms with Crippen LogP contribution in [0.3, 0.4) is 0 Å². The molecule has 0 spiro atoms. The van der Waals surface area contributed by atoms with Crippen molar-refractivity contribution in [2.24, 2.45) is 17.6 Å². The highest BCUT2D eigenvalue weighted by Gasteiger charge is 2.63. The second kappa shape index (κ2) is 10.9. The molecule has 3 aliphatic rings. The largest absolute Gasteiger partial charge is 0.510 e. The van der Waals surface area contributed by atoms with Gasteiger partial charge in [-0.3, -0.25) is 38.5 Å². The number of rotatable bonds is 4. The number of aliphatic hydroxyl groups is 3. The first-order chi connectivity index (χ1) is 19.4. The van der Waals surface area contributed by atoms with Crippen molar-refractivity contribution in [2.45, 2.75) is 50.8 Å². The fourth-order valence-corrected chi connectivity index (χ4v) is 5.96. The van der Waals surface area contributed by atoms with E-state index in [0.29, 0.717) is 0 Å². The van der Waals surface area contributed by atoms with Crippen molar-refractivity contribution in [3.8, 4) is 5.75 Å². The highest BCUT2D eigenvalue weighted by atomic mass is 32.3. The zero-order chi connectivity index (χ0) is 33.1. The molecule has 0 aromatic heterocycles. The van der Waals surface area contributed by atoms with E-state index < -0.39 is 101 Å². The summed E-state index contributed by atoms with van der Waals surface area (Å²) in [7, 11) is -1.59. The predicted molar refractivity (Wildman–Crippen MR) is 148 cm³/mol. The summed E-state index contributed by atoms with van der Waals surface area (Å²) in [5.74, 6) is -8.23. The van der Waals surface area contributed by atoms with Crippen molar-refractivity contribution in [1.29, 1.82) is 0 Å². The van der Waals surface area contributed by atoms with Crippen LogP contribution in [-0.2, 0) is 26.4 Å². The number of nitro groups is 1. The number of ketones is 2. The molecule has 4 rings (SSSR count). The molecule has 1 aromatic rings. The number of carbonyl (C=O) groups is 3. The van der Waals surface area contributed by atoms with E-state index in [1.165, 1.54) is 19.0 Å². The van der Waals surface area contributed by atoms with E-state index in [1.54, 1.807) is 20.8 Å². The zero-order valence-electron chi connectivity index (χ0n) is 23.6. The van der Waals surface area contributed by atoms with Crippen molar-refractivity contribution < 1.29 is 57.3 Å². The smallest absolute Gasteiger partial charge is 0.394 e. The fraction of sp³-hybridized carbons (Fsp3) is 0.480. The predicted octanol–water partition coefficient (Wildman–Crippen LogP) is 0.586. The molecule has 18 heteroatoms. The van der Waals surface area contributed by atoms with Crippen molar-refractivity contribution in [3.63, 3.8) is 0 Å². The number of anilines is 1. The number of hydrogen-bond donors (Lipinski definition) is 8. The van der Waals surface area contributed by atoms with E-state index in [2.05, 4.69) is 5.32 Å². The minimum Gasteiger partial charge on any atom is -0.510 e. The lowest BCUT2D eigenvalue weighted by Gasteiger charge is -2.50. The Kier molecular flexibility index (Phi) is 8.44. The van der Waals surface area contributed by atoms with Crippen LogP contribution in [0, 0.1) is 22.0 Å². The second-order valence-corrected chi connectivity index (χ2v) is 12.6. The van der Waals surface area contributed by atoms with Crippen molar-refractivity contribution in [2.75, 3.05) is 19.4 Å². The van der Waals surface area contributed by atoms with Gasteiger partial charge in [-0.25, -0.2) is 0 Å². The SMILES string of the molecule is CN(C)[C@@H]1C(O)=C(C(N)=O)C(=O)[C@@]2(O)C(O)=C3C(=O)c4c(O)c([N+](=O)[O-])cc(NC(C)(C)C)c4CC3CC12.O=S(=O)(O)O.